The molecule has 39 heavy (non-hydrogen) atoms. The molecule has 15 heteroatoms. The van der Waals surface area contributed by atoms with E-state index in [1.165, 1.54) is 13.2 Å². The van der Waals surface area contributed by atoms with Gasteiger partial charge in [-0.2, -0.15) is 26.3 Å². The van der Waals surface area contributed by atoms with Crippen LogP contribution in [0.5, 0.6) is 17.4 Å². The number of aromatic nitrogens is 1. The first kappa shape index (κ1) is 32.4. The number of nitrogens with zero attached hydrogens (tertiary/aromatic N) is 1. The molecule has 1 amide bonds. The van der Waals surface area contributed by atoms with Gasteiger partial charge in [0, 0.05) is 25.4 Å². The van der Waals surface area contributed by atoms with Crippen molar-refractivity contribution in [1.29, 1.82) is 0 Å². The maximum absolute atomic E-state index is 13.0. The molecule has 1 aromatic carbocycles. The second-order valence-electron chi connectivity index (χ2n) is 8.72. The average molecular weight is 598 g/mol. The Morgan fingerprint density at radius 2 is 1.85 bits per heavy atom. The van der Waals surface area contributed by atoms with Crippen molar-refractivity contribution < 1.29 is 45.3 Å². The van der Waals surface area contributed by atoms with E-state index in [9.17, 15) is 26.4 Å². The molecule has 0 spiro atoms. The van der Waals surface area contributed by atoms with E-state index >= 15 is 0 Å². The first-order valence-electron chi connectivity index (χ1n) is 11.8. The summed E-state index contributed by atoms with van der Waals surface area (Å²) in [6.45, 7) is 5.74. The number of rotatable bonds is 14. The summed E-state index contributed by atoms with van der Waals surface area (Å²) in [4.78, 5) is 15.6. The number of alkyl halides is 3. The molecular formula is C24H31ClF3N3O7S. The predicted molar refractivity (Wildman–Crippen MR) is 137 cm³/mol. The number of halogens is 4. The highest BCUT2D eigenvalue weighted by molar-refractivity contribution is 7.88. The number of hydrogen-bond acceptors (Lipinski definition) is 8. The number of benzene rings is 1. The third-order valence-corrected chi connectivity index (χ3v) is 6.71. The van der Waals surface area contributed by atoms with Crippen molar-refractivity contribution in [1.82, 2.24) is 14.4 Å². The van der Waals surface area contributed by atoms with Gasteiger partial charge in [0.1, 0.15) is 23.1 Å². The zero-order valence-corrected chi connectivity index (χ0v) is 23.4. The summed E-state index contributed by atoms with van der Waals surface area (Å²) in [6, 6.07) is 5.14. The SMILES string of the molecule is COCCOc1ccc(CCCOC(=O)NS(=O)(=O)NC(C)C(C)C)c(Oc2ncc(C(F)(F)F)cc2Cl)c1. The molecule has 0 aliphatic heterocycles. The Kier molecular flexibility index (Phi) is 12.1. The van der Waals surface area contributed by atoms with Crippen LogP contribution in [0.2, 0.25) is 5.02 Å². The number of amides is 1. The third kappa shape index (κ3) is 11.1. The number of methoxy groups -OCH3 is 1. The fraction of sp³-hybridized carbons (Fsp3) is 0.500. The van der Waals surface area contributed by atoms with E-state index in [4.69, 9.17) is 30.5 Å². The van der Waals surface area contributed by atoms with Gasteiger partial charge in [-0.05, 0) is 43.4 Å². The quantitative estimate of drug-likeness (QED) is 0.288. The lowest BCUT2D eigenvalue weighted by Gasteiger charge is -2.17. The van der Waals surface area contributed by atoms with Gasteiger partial charge in [0.05, 0.1) is 18.8 Å². The van der Waals surface area contributed by atoms with Crippen molar-refractivity contribution in [2.75, 3.05) is 26.9 Å². The summed E-state index contributed by atoms with van der Waals surface area (Å²) < 4.78 is 88.2. The Morgan fingerprint density at radius 1 is 1.13 bits per heavy atom. The van der Waals surface area contributed by atoms with Crippen LogP contribution in [0.4, 0.5) is 18.0 Å². The van der Waals surface area contributed by atoms with Crippen LogP contribution in [0.15, 0.2) is 30.5 Å². The summed E-state index contributed by atoms with van der Waals surface area (Å²) in [5.74, 6) is 0.373. The summed E-state index contributed by atoms with van der Waals surface area (Å²) in [7, 11) is -2.58. The van der Waals surface area contributed by atoms with E-state index in [-0.39, 0.29) is 48.6 Å². The number of carbonyl (C=O) groups is 1. The Bertz CT molecular complexity index is 1210. The average Bonchev–Trinajstić information content (AvgIpc) is 2.83. The Labute approximate surface area is 230 Å². The molecule has 1 unspecified atom stereocenters. The number of aryl methyl sites for hydroxylation is 1. The van der Waals surface area contributed by atoms with E-state index in [1.54, 1.807) is 23.8 Å². The van der Waals surface area contributed by atoms with Crippen LogP contribution < -0.4 is 18.9 Å². The molecule has 1 heterocycles. The fourth-order valence-electron chi connectivity index (χ4n) is 2.91. The summed E-state index contributed by atoms with van der Waals surface area (Å²) in [5, 5.41) is -0.344. The largest absolute Gasteiger partial charge is 0.491 e. The van der Waals surface area contributed by atoms with E-state index in [0.717, 1.165) is 0 Å². The maximum atomic E-state index is 13.0. The zero-order chi connectivity index (χ0) is 29.2. The van der Waals surface area contributed by atoms with Crippen molar-refractivity contribution in [3.05, 3.63) is 46.6 Å². The van der Waals surface area contributed by atoms with Crippen molar-refractivity contribution in [3.63, 3.8) is 0 Å². The minimum absolute atomic E-state index is 0.0124. The molecule has 0 radical (unpaired) electrons. The topological polar surface area (TPSA) is 125 Å². The van der Waals surface area contributed by atoms with E-state index < -0.39 is 34.1 Å². The second kappa shape index (κ2) is 14.5. The Hall–Kier alpha value is -2.81. The monoisotopic (exact) mass is 597 g/mol. The lowest BCUT2D eigenvalue weighted by molar-refractivity contribution is -0.137. The van der Waals surface area contributed by atoms with Crippen molar-refractivity contribution in [2.24, 2.45) is 5.92 Å². The molecule has 2 aromatic rings. The molecule has 2 N–H and O–H groups in total. The van der Waals surface area contributed by atoms with Crippen molar-refractivity contribution in [3.8, 4) is 17.4 Å². The highest BCUT2D eigenvalue weighted by Crippen LogP contribution is 2.36. The lowest BCUT2D eigenvalue weighted by Crippen LogP contribution is -2.45. The van der Waals surface area contributed by atoms with E-state index in [0.29, 0.717) is 30.2 Å². The highest BCUT2D eigenvalue weighted by Gasteiger charge is 2.32. The molecule has 2 rings (SSSR count). The number of pyridine rings is 1. The number of hydrogen-bond donors (Lipinski definition) is 2. The first-order valence-corrected chi connectivity index (χ1v) is 13.7. The number of carbonyl (C=O) groups excluding carboxylic acids is 1. The van der Waals surface area contributed by atoms with Crippen LogP contribution in [0, 0.1) is 5.92 Å². The smallest absolute Gasteiger partial charge is 0.421 e. The highest BCUT2D eigenvalue weighted by atomic mass is 35.5. The molecule has 10 nitrogen and oxygen atoms in total. The van der Waals surface area contributed by atoms with Gasteiger partial charge in [-0.3, -0.25) is 0 Å². The Morgan fingerprint density at radius 3 is 2.46 bits per heavy atom. The van der Waals surface area contributed by atoms with Crippen LogP contribution in [-0.2, 0) is 32.3 Å². The zero-order valence-electron chi connectivity index (χ0n) is 21.8. The van der Waals surface area contributed by atoms with Gasteiger partial charge in [0.25, 0.3) is 0 Å². The van der Waals surface area contributed by atoms with Gasteiger partial charge < -0.3 is 18.9 Å². The normalized spacial score (nSPS) is 12.7. The van der Waals surface area contributed by atoms with Crippen LogP contribution in [0.1, 0.15) is 38.3 Å². The lowest BCUT2D eigenvalue weighted by atomic mass is 10.1. The second-order valence-corrected chi connectivity index (χ2v) is 10.6. The first-order chi connectivity index (χ1) is 18.2. The Balaban J connectivity index is 2.07. The molecule has 1 aromatic heterocycles. The van der Waals surface area contributed by atoms with Crippen molar-refractivity contribution in [2.45, 2.75) is 45.8 Å². The molecule has 0 saturated carbocycles. The van der Waals surface area contributed by atoms with Gasteiger partial charge in [-0.15, -0.1) is 0 Å². The number of ether oxygens (including phenoxy) is 4. The standard InChI is InChI=1S/C24H31ClF3N3O7S/c1-15(2)16(3)30-39(33,34)31-23(32)37-9-5-6-17-7-8-19(36-11-10-35-4)13-21(17)38-22-20(25)12-18(14-29-22)24(26,27)28/h7-8,12-16,30H,5-6,9-11H2,1-4H3,(H,31,32). The summed E-state index contributed by atoms with van der Waals surface area (Å²) in [5.41, 5.74) is -0.445. The molecule has 0 aliphatic rings. The number of nitrogens with one attached hydrogen (secondary N) is 2. The minimum atomic E-state index is -4.62. The molecule has 0 fully saturated rings. The maximum Gasteiger partial charge on any atom is 0.421 e. The fourth-order valence-corrected chi connectivity index (χ4v) is 4.21. The van der Waals surface area contributed by atoms with Crippen LogP contribution in [-0.4, -0.2) is 52.5 Å². The molecule has 0 bridgehead atoms. The summed E-state index contributed by atoms with van der Waals surface area (Å²) >= 11 is 5.99. The van der Waals surface area contributed by atoms with Crippen molar-refractivity contribution >= 4 is 27.9 Å². The summed E-state index contributed by atoms with van der Waals surface area (Å²) in [6.07, 6.45) is -4.61. The molecule has 0 saturated heterocycles. The van der Waals surface area contributed by atoms with Gasteiger partial charge >= 0.3 is 22.5 Å². The minimum Gasteiger partial charge on any atom is -0.491 e. The van der Waals surface area contributed by atoms with Crippen LogP contribution >= 0.6 is 11.6 Å². The van der Waals surface area contributed by atoms with Crippen LogP contribution in [0.3, 0.4) is 0 Å². The van der Waals surface area contributed by atoms with Gasteiger partial charge in [0.2, 0.25) is 5.88 Å². The molecule has 1 atom stereocenters. The third-order valence-electron chi connectivity index (χ3n) is 5.32. The molecule has 218 valence electrons. The van der Waals surface area contributed by atoms with E-state index in [1.807, 2.05) is 13.8 Å². The predicted octanol–water partition coefficient (Wildman–Crippen LogP) is 5.11. The molecular weight excluding hydrogens is 567 g/mol. The van der Waals surface area contributed by atoms with Crippen LogP contribution in [0.25, 0.3) is 0 Å². The van der Waals surface area contributed by atoms with Gasteiger partial charge in [0.15, 0.2) is 0 Å². The van der Waals surface area contributed by atoms with Gasteiger partial charge in [-0.25, -0.2) is 14.5 Å². The molecule has 0 aliphatic carbocycles. The van der Waals surface area contributed by atoms with Gasteiger partial charge in [-0.1, -0.05) is 31.5 Å². The van der Waals surface area contributed by atoms with E-state index in [2.05, 4.69) is 9.71 Å².